The first-order valence-corrected chi connectivity index (χ1v) is 6.23. The maximum atomic E-state index is 11.7. The molecule has 0 bridgehead atoms. The van der Waals surface area contributed by atoms with Crippen molar-refractivity contribution in [2.45, 2.75) is 26.2 Å². The van der Waals surface area contributed by atoms with E-state index in [1.165, 1.54) is 5.56 Å². The van der Waals surface area contributed by atoms with Gasteiger partial charge in [0, 0.05) is 6.54 Å². The van der Waals surface area contributed by atoms with E-state index in [9.17, 15) is 4.79 Å². The number of hydrogen-bond donors (Lipinski definition) is 0. The van der Waals surface area contributed by atoms with Gasteiger partial charge in [0.15, 0.2) is 0 Å². The van der Waals surface area contributed by atoms with Gasteiger partial charge < -0.3 is 9.64 Å². The van der Waals surface area contributed by atoms with Crippen molar-refractivity contribution in [1.29, 1.82) is 0 Å². The third kappa shape index (κ3) is 4.49. The molecule has 0 aliphatic carbocycles. The zero-order valence-electron chi connectivity index (χ0n) is 12.0. The van der Waals surface area contributed by atoms with E-state index in [2.05, 4.69) is 20.8 Å². The van der Waals surface area contributed by atoms with Crippen LogP contribution in [0.25, 0.3) is 0 Å². The Kier molecular flexibility index (Phi) is 4.91. The Morgan fingerprint density at radius 1 is 1.17 bits per heavy atom. The Bertz CT molecular complexity index is 388. The third-order valence-corrected chi connectivity index (χ3v) is 2.76. The lowest BCUT2D eigenvalue weighted by atomic mass is 9.87. The lowest BCUT2D eigenvalue weighted by Crippen LogP contribution is -2.20. The molecule has 1 aromatic carbocycles. The van der Waals surface area contributed by atoms with Crippen LogP contribution in [0.15, 0.2) is 24.3 Å². The predicted molar refractivity (Wildman–Crippen MR) is 74.0 cm³/mol. The van der Waals surface area contributed by atoms with Gasteiger partial charge in [-0.1, -0.05) is 32.9 Å². The van der Waals surface area contributed by atoms with Gasteiger partial charge in [0.25, 0.3) is 0 Å². The number of nitrogens with zero attached hydrogens (tertiary/aromatic N) is 1. The lowest BCUT2D eigenvalue weighted by Gasteiger charge is -2.19. The van der Waals surface area contributed by atoms with Gasteiger partial charge in [0.2, 0.25) is 0 Å². The van der Waals surface area contributed by atoms with E-state index >= 15 is 0 Å². The van der Waals surface area contributed by atoms with E-state index in [0.29, 0.717) is 12.2 Å². The van der Waals surface area contributed by atoms with Gasteiger partial charge in [-0.15, -0.1) is 0 Å². The summed E-state index contributed by atoms with van der Waals surface area (Å²) >= 11 is 0. The molecular formula is C15H23NO2. The van der Waals surface area contributed by atoms with Crippen LogP contribution >= 0.6 is 0 Å². The minimum Gasteiger partial charge on any atom is -0.461 e. The monoisotopic (exact) mass is 249 g/mol. The Balaban J connectivity index is 2.60. The second-order valence-electron chi connectivity index (χ2n) is 5.77. The first-order valence-electron chi connectivity index (χ1n) is 6.23. The molecule has 0 amide bonds. The molecule has 0 aromatic heterocycles. The molecule has 0 aliphatic rings. The fourth-order valence-corrected chi connectivity index (χ4v) is 1.51. The first-order chi connectivity index (χ1) is 8.30. The summed E-state index contributed by atoms with van der Waals surface area (Å²) < 4.78 is 5.18. The van der Waals surface area contributed by atoms with E-state index < -0.39 is 0 Å². The highest BCUT2D eigenvalue weighted by molar-refractivity contribution is 5.89. The number of likely N-dealkylation sites (N-methyl/N-ethyl adjacent to an activating group) is 1. The average molecular weight is 249 g/mol. The smallest absolute Gasteiger partial charge is 0.338 e. The largest absolute Gasteiger partial charge is 0.461 e. The summed E-state index contributed by atoms with van der Waals surface area (Å²) in [6.45, 7) is 7.62. The molecule has 0 saturated heterocycles. The first kappa shape index (κ1) is 14.7. The van der Waals surface area contributed by atoms with Gasteiger partial charge >= 0.3 is 5.97 Å². The molecule has 0 saturated carbocycles. The van der Waals surface area contributed by atoms with E-state index in [1.54, 1.807) is 0 Å². The molecule has 3 heteroatoms. The molecule has 100 valence electrons. The van der Waals surface area contributed by atoms with E-state index in [0.717, 1.165) is 6.54 Å². The molecule has 0 fully saturated rings. The molecule has 3 nitrogen and oxygen atoms in total. The second kappa shape index (κ2) is 6.01. The van der Waals surface area contributed by atoms with Crippen molar-refractivity contribution >= 4 is 5.97 Å². The summed E-state index contributed by atoms with van der Waals surface area (Å²) in [6.07, 6.45) is 0. The SMILES string of the molecule is CN(C)CCOC(=O)c1ccc(C(C)(C)C)cc1. The number of benzene rings is 1. The third-order valence-electron chi connectivity index (χ3n) is 2.76. The van der Waals surface area contributed by atoms with Crippen LogP contribution in [0.4, 0.5) is 0 Å². The van der Waals surface area contributed by atoms with Crippen LogP contribution < -0.4 is 0 Å². The second-order valence-corrected chi connectivity index (χ2v) is 5.77. The zero-order valence-corrected chi connectivity index (χ0v) is 12.0. The molecule has 18 heavy (non-hydrogen) atoms. The number of esters is 1. The molecule has 1 aromatic rings. The van der Waals surface area contributed by atoms with Gasteiger partial charge in [-0.3, -0.25) is 0 Å². The summed E-state index contributed by atoms with van der Waals surface area (Å²) in [5.41, 5.74) is 1.93. The number of carbonyl (C=O) groups excluding carboxylic acids is 1. The van der Waals surface area contributed by atoms with Crippen molar-refractivity contribution in [2.24, 2.45) is 0 Å². The molecule has 0 heterocycles. The van der Waals surface area contributed by atoms with Crippen LogP contribution in [-0.4, -0.2) is 38.1 Å². The van der Waals surface area contributed by atoms with Gasteiger partial charge in [0.1, 0.15) is 6.61 Å². The Hall–Kier alpha value is -1.35. The Morgan fingerprint density at radius 2 is 1.72 bits per heavy atom. The van der Waals surface area contributed by atoms with Crippen LogP contribution in [0.3, 0.4) is 0 Å². The van der Waals surface area contributed by atoms with Crippen LogP contribution in [0.2, 0.25) is 0 Å². The highest BCUT2D eigenvalue weighted by atomic mass is 16.5. The molecule has 0 unspecified atom stereocenters. The normalized spacial score (nSPS) is 11.7. The van der Waals surface area contributed by atoms with Crippen molar-refractivity contribution in [2.75, 3.05) is 27.2 Å². The van der Waals surface area contributed by atoms with Crippen LogP contribution in [0.1, 0.15) is 36.7 Å². The fraction of sp³-hybridized carbons (Fsp3) is 0.533. The molecule has 0 spiro atoms. The molecule has 0 radical (unpaired) electrons. The Labute approximate surface area is 110 Å². The number of hydrogen-bond acceptors (Lipinski definition) is 3. The number of rotatable bonds is 4. The van der Waals surface area contributed by atoms with Gasteiger partial charge in [-0.05, 0) is 37.2 Å². The zero-order chi connectivity index (χ0) is 13.8. The Morgan fingerprint density at radius 3 is 2.17 bits per heavy atom. The highest BCUT2D eigenvalue weighted by Gasteiger charge is 2.14. The lowest BCUT2D eigenvalue weighted by molar-refractivity contribution is 0.0482. The van der Waals surface area contributed by atoms with E-state index in [1.807, 2.05) is 43.3 Å². The maximum absolute atomic E-state index is 11.7. The average Bonchev–Trinajstić information content (AvgIpc) is 2.27. The minimum atomic E-state index is -0.252. The summed E-state index contributed by atoms with van der Waals surface area (Å²) in [7, 11) is 3.90. The van der Waals surface area contributed by atoms with Crippen LogP contribution in [-0.2, 0) is 10.2 Å². The molecule has 0 aliphatic heterocycles. The van der Waals surface area contributed by atoms with Crippen molar-refractivity contribution in [3.05, 3.63) is 35.4 Å². The quantitative estimate of drug-likeness (QED) is 0.768. The van der Waals surface area contributed by atoms with E-state index in [4.69, 9.17) is 4.74 Å². The van der Waals surface area contributed by atoms with Crippen molar-refractivity contribution in [3.8, 4) is 0 Å². The maximum Gasteiger partial charge on any atom is 0.338 e. The summed E-state index contributed by atoms with van der Waals surface area (Å²) in [5.74, 6) is -0.252. The number of ether oxygens (including phenoxy) is 1. The van der Waals surface area contributed by atoms with Crippen molar-refractivity contribution < 1.29 is 9.53 Å². The predicted octanol–water partition coefficient (Wildman–Crippen LogP) is 2.70. The van der Waals surface area contributed by atoms with E-state index in [-0.39, 0.29) is 11.4 Å². The molecule has 0 N–H and O–H groups in total. The standard InChI is InChI=1S/C15H23NO2/c1-15(2,3)13-8-6-12(7-9-13)14(17)18-11-10-16(4)5/h6-9H,10-11H2,1-5H3. The van der Waals surface area contributed by atoms with Crippen LogP contribution in [0, 0.1) is 0 Å². The molecular weight excluding hydrogens is 226 g/mol. The molecule has 1 rings (SSSR count). The molecule has 0 atom stereocenters. The van der Waals surface area contributed by atoms with Crippen molar-refractivity contribution in [1.82, 2.24) is 4.90 Å². The summed E-state index contributed by atoms with van der Waals surface area (Å²) in [4.78, 5) is 13.7. The number of carbonyl (C=O) groups is 1. The minimum absolute atomic E-state index is 0.105. The summed E-state index contributed by atoms with van der Waals surface area (Å²) in [5, 5.41) is 0. The van der Waals surface area contributed by atoms with Gasteiger partial charge in [-0.25, -0.2) is 4.79 Å². The van der Waals surface area contributed by atoms with Crippen LogP contribution in [0.5, 0.6) is 0 Å². The topological polar surface area (TPSA) is 29.5 Å². The summed E-state index contributed by atoms with van der Waals surface area (Å²) in [6, 6.07) is 7.64. The van der Waals surface area contributed by atoms with Crippen molar-refractivity contribution in [3.63, 3.8) is 0 Å². The van der Waals surface area contributed by atoms with Gasteiger partial charge in [0.05, 0.1) is 5.56 Å². The van der Waals surface area contributed by atoms with Gasteiger partial charge in [-0.2, -0.15) is 0 Å². The highest BCUT2D eigenvalue weighted by Crippen LogP contribution is 2.22. The fourth-order valence-electron chi connectivity index (χ4n) is 1.51.